The molecule has 0 amide bonds. The molecule has 2 rings (SSSR count). The number of nitrogens with two attached hydrogens (primary N) is 1. The van der Waals surface area contributed by atoms with Crippen molar-refractivity contribution in [2.75, 3.05) is 26.2 Å². The van der Waals surface area contributed by atoms with E-state index in [9.17, 15) is 0 Å². The third-order valence-electron chi connectivity index (χ3n) is 4.69. The van der Waals surface area contributed by atoms with Crippen molar-refractivity contribution in [3.8, 4) is 5.75 Å². The van der Waals surface area contributed by atoms with Gasteiger partial charge in [0.15, 0.2) is 0 Å². The average Bonchev–Trinajstić information content (AvgIpc) is 2.91. The lowest BCUT2D eigenvalue weighted by molar-refractivity contribution is 0.194. The summed E-state index contributed by atoms with van der Waals surface area (Å²) >= 11 is 0. The minimum atomic E-state index is 0.264. The zero-order chi connectivity index (χ0) is 15.5. The van der Waals surface area contributed by atoms with Crippen LogP contribution in [0.3, 0.4) is 0 Å². The Bertz CT molecular complexity index is 453. The molecule has 0 saturated carbocycles. The van der Waals surface area contributed by atoms with E-state index in [2.05, 4.69) is 43.9 Å². The summed E-state index contributed by atoms with van der Waals surface area (Å²) in [7, 11) is 0. The molecule has 0 bridgehead atoms. The summed E-state index contributed by atoms with van der Waals surface area (Å²) in [5.41, 5.74) is 7.71. The molecule has 3 nitrogen and oxygen atoms in total. The first-order valence-electron chi connectivity index (χ1n) is 8.13. The Labute approximate surface area is 129 Å². The fourth-order valence-corrected chi connectivity index (χ4v) is 3.29. The fourth-order valence-electron chi connectivity index (χ4n) is 3.29. The molecule has 3 heteroatoms. The summed E-state index contributed by atoms with van der Waals surface area (Å²) in [5.74, 6) is 1.72. The summed E-state index contributed by atoms with van der Waals surface area (Å²) in [5, 5.41) is 0. The van der Waals surface area contributed by atoms with Crippen LogP contribution in [0, 0.1) is 11.3 Å². The number of likely N-dealkylation sites (tertiary alicyclic amines) is 1. The van der Waals surface area contributed by atoms with Crippen LogP contribution in [-0.2, 0) is 0 Å². The van der Waals surface area contributed by atoms with Crippen molar-refractivity contribution in [2.24, 2.45) is 17.1 Å². The van der Waals surface area contributed by atoms with E-state index in [1.54, 1.807) is 0 Å². The van der Waals surface area contributed by atoms with Gasteiger partial charge in [-0.1, -0.05) is 39.0 Å². The Kier molecular flexibility index (Phi) is 5.28. The Morgan fingerprint density at radius 2 is 2.05 bits per heavy atom. The molecule has 2 unspecified atom stereocenters. The first-order chi connectivity index (χ1) is 9.97. The van der Waals surface area contributed by atoms with Gasteiger partial charge in [0.25, 0.3) is 0 Å². The van der Waals surface area contributed by atoms with Gasteiger partial charge in [0.1, 0.15) is 5.75 Å². The van der Waals surface area contributed by atoms with E-state index in [0.29, 0.717) is 18.6 Å². The predicted octanol–water partition coefficient (Wildman–Crippen LogP) is 3.45. The van der Waals surface area contributed by atoms with Gasteiger partial charge in [-0.25, -0.2) is 0 Å². The van der Waals surface area contributed by atoms with E-state index in [0.717, 1.165) is 24.8 Å². The van der Waals surface area contributed by atoms with Crippen LogP contribution in [0.15, 0.2) is 24.3 Å². The van der Waals surface area contributed by atoms with E-state index in [1.807, 2.05) is 13.0 Å². The number of para-hydroxylation sites is 1. The molecule has 118 valence electrons. The largest absolute Gasteiger partial charge is 0.494 e. The van der Waals surface area contributed by atoms with E-state index in [4.69, 9.17) is 10.5 Å². The maximum Gasteiger partial charge on any atom is 0.124 e. The molecule has 0 spiro atoms. The number of hydrogen-bond acceptors (Lipinski definition) is 3. The van der Waals surface area contributed by atoms with Crippen molar-refractivity contribution in [3.05, 3.63) is 29.8 Å². The highest BCUT2D eigenvalue weighted by molar-refractivity contribution is 5.36. The van der Waals surface area contributed by atoms with E-state index < -0.39 is 0 Å². The Morgan fingerprint density at radius 1 is 1.33 bits per heavy atom. The fraction of sp³-hybridized carbons (Fsp3) is 0.667. The zero-order valence-corrected chi connectivity index (χ0v) is 13.9. The van der Waals surface area contributed by atoms with Crippen molar-refractivity contribution in [1.82, 2.24) is 4.90 Å². The van der Waals surface area contributed by atoms with Crippen molar-refractivity contribution in [1.29, 1.82) is 0 Å². The van der Waals surface area contributed by atoms with Gasteiger partial charge in [-0.05, 0) is 37.3 Å². The standard InChI is InChI=1S/C18H30N2O/c1-5-21-17-9-7-6-8-15(17)16(12-19)20-11-10-14(13-20)18(2,3)4/h6-9,14,16H,5,10-13,19H2,1-4H3. The minimum absolute atomic E-state index is 0.264. The zero-order valence-electron chi connectivity index (χ0n) is 13.9. The van der Waals surface area contributed by atoms with E-state index >= 15 is 0 Å². The summed E-state index contributed by atoms with van der Waals surface area (Å²) in [6, 6.07) is 8.59. The molecule has 1 heterocycles. The molecule has 0 radical (unpaired) electrons. The molecule has 1 aromatic rings. The highest BCUT2D eigenvalue weighted by atomic mass is 16.5. The summed E-state index contributed by atoms with van der Waals surface area (Å²) in [4.78, 5) is 2.54. The Hall–Kier alpha value is -1.06. The monoisotopic (exact) mass is 290 g/mol. The lowest BCUT2D eigenvalue weighted by Gasteiger charge is -2.31. The van der Waals surface area contributed by atoms with Crippen LogP contribution < -0.4 is 10.5 Å². The van der Waals surface area contributed by atoms with Crippen LogP contribution in [-0.4, -0.2) is 31.1 Å². The first-order valence-corrected chi connectivity index (χ1v) is 8.13. The Balaban J connectivity index is 2.18. The minimum Gasteiger partial charge on any atom is -0.494 e. The Morgan fingerprint density at radius 3 is 2.62 bits per heavy atom. The molecule has 21 heavy (non-hydrogen) atoms. The van der Waals surface area contributed by atoms with Crippen LogP contribution in [0.25, 0.3) is 0 Å². The highest BCUT2D eigenvalue weighted by Crippen LogP contribution is 2.38. The maximum atomic E-state index is 6.11. The first kappa shape index (κ1) is 16.3. The van der Waals surface area contributed by atoms with Gasteiger partial charge in [0.05, 0.1) is 12.6 Å². The molecule has 2 atom stereocenters. The van der Waals surface area contributed by atoms with Crippen LogP contribution in [0.2, 0.25) is 0 Å². The van der Waals surface area contributed by atoms with Crippen LogP contribution >= 0.6 is 0 Å². The predicted molar refractivity (Wildman–Crippen MR) is 88.5 cm³/mol. The molecular weight excluding hydrogens is 260 g/mol. The third kappa shape index (κ3) is 3.78. The van der Waals surface area contributed by atoms with Crippen molar-refractivity contribution in [2.45, 2.75) is 40.2 Å². The van der Waals surface area contributed by atoms with Gasteiger partial charge in [-0.2, -0.15) is 0 Å². The van der Waals surface area contributed by atoms with Crippen molar-refractivity contribution in [3.63, 3.8) is 0 Å². The van der Waals surface area contributed by atoms with E-state index in [-0.39, 0.29) is 6.04 Å². The normalized spacial score (nSPS) is 21.5. The second kappa shape index (κ2) is 6.80. The summed E-state index contributed by atoms with van der Waals surface area (Å²) < 4.78 is 5.79. The third-order valence-corrected chi connectivity index (χ3v) is 4.69. The van der Waals surface area contributed by atoms with Crippen LogP contribution in [0.4, 0.5) is 0 Å². The number of nitrogens with zero attached hydrogens (tertiary/aromatic N) is 1. The lowest BCUT2D eigenvalue weighted by Crippen LogP contribution is -2.34. The average molecular weight is 290 g/mol. The molecule has 2 N–H and O–H groups in total. The van der Waals surface area contributed by atoms with E-state index in [1.165, 1.54) is 12.0 Å². The number of benzene rings is 1. The molecule has 1 fully saturated rings. The SMILES string of the molecule is CCOc1ccccc1C(CN)N1CCC(C(C)(C)C)C1. The second-order valence-electron chi connectivity index (χ2n) is 7.07. The van der Waals surface area contributed by atoms with Crippen molar-refractivity contribution < 1.29 is 4.74 Å². The van der Waals surface area contributed by atoms with Gasteiger partial charge in [-0.3, -0.25) is 4.90 Å². The second-order valence-corrected chi connectivity index (χ2v) is 7.07. The van der Waals surface area contributed by atoms with Gasteiger partial charge < -0.3 is 10.5 Å². The van der Waals surface area contributed by atoms with Crippen LogP contribution in [0.1, 0.15) is 45.7 Å². The molecule has 1 aromatic carbocycles. The smallest absolute Gasteiger partial charge is 0.124 e. The molecular formula is C18H30N2O. The number of rotatable bonds is 5. The quantitative estimate of drug-likeness (QED) is 0.902. The molecule has 1 aliphatic heterocycles. The molecule has 1 saturated heterocycles. The van der Waals surface area contributed by atoms with Gasteiger partial charge >= 0.3 is 0 Å². The summed E-state index contributed by atoms with van der Waals surface area (Å²) in [6.45, 7) is 12.6. The summed E-state index contributed by atoms with van der Waals surface area (Å²) in [6.07, 6.45) is 1.26. The van der Waals surface area contributed by atoms with Gasteiger partial charge in [-0.15, -0.1) is 0 Å². The molecule has 1 aliphatic rings. The highest BCUT2D eigenvalue weighted by Gasteiger charge is 2.35. The van der Waals surface area contributed by atoms with Crippen LogP contribution in [0.5, 0.6) is 5.75 Å². The number of ether oxygens (including phenoxy) is 1. The van der Waals surface area contributed by atoms with Gasteiger partial charge in [0, 0.05) is 18.7 Å². The molecule has 0 aromatic heterocycles. The maximum absolute atomic E-state index is 6.11. The van der Waals surface area contributed by atoms with Crippen molar-refractivity contribution >= 4 is 0 Å². The van der Waals surface area contributed by atoms with Gasteiger partial charge in [0.2, 0.25) is 0 Å². The molecule has 0 aliphatic carbocycles. The number of hydrogen-bond donors (Lipinski definition) is 1. The lowest BCUT2D eigenvalue weighted by atomic mass is 9.80. The topological polar surface area (TPSA) is 38.5 Å².